The van der Waals surface area contributed by atoms with Crippen LogP contribution in [0.15, 0.2) is 89.7 Å². The van der Waals surface area contributed by atoms with Crippen molar-refractivity contribution in [3.05, 3.63) is 96.6 Å². The van der Waals surface area contributed by atoms with Gasteiger partial charge in [0.2, 0.25) is 0 Å². The quantitative estimate of drug-likeness (QED) is 0.376. The van der Waals surface area contributed by atoms with E-state index in [1.807, 2.05) is 41.3 Å². The molecule has 2 aliphatic rings. The average Bonchev–Trinajstić information content (AvgIpc) is 3.63. The number of pyridine rings is 1. The van der Waals surface area contributed by atoms with Crippen molar-refractivity contribution in [3.8, 4) is 28.5 Å². The first-order valence-electron chi connectivity index (χ1n) is 12.7. The number of nitrogens with one attached hydrogen (secondary N) is 1. The number of piperazine rings is 1. The first-order valence-corrected chi connectivity index (χ1v) is 12.7. The van der Waals surface area contributed by atoms with Gasteiger partial charge >= 0.3 is 0 Å². The number of rotatable bonds is 4. The second kappa shape index (κ2) is 9.28. The van der Waals surface area contributed by atoms with Gasteiger partial charge in [-0.25, -0.2) is 4.98 Å². The Balaban J connectivity index is 1.11. The molecule has 0 unspecified atom stereocenters. The van der Waals surface area contributed by atoms with Gasteiger partial charge in [-0.2, -0.15) is 0 Å². The zero-order chi connectivity index (χ0) is 25.5. The number of nitrogens with zero attached hydrogens (tertiary/aromatic N) is 6. The highest BCUT2D eigenvalue weighted by molar-refractivity contribution is 5.91. The maximum absolute atomic E-state index is 12.5. The third-order valence-corrected chi connectivity index (χ3v) is 7.12. The van der Waals surface area contributed by atoms with Crippen molar-refractivity contribution in [2.75, 3.05) is 31.5 Å². The third-order valence-electron chi connectivity index (χ3n) is 7.12. The van der Waals surface area contributed by atoms with Gasteiger partial charge in [0.05, 0.1) is 17.6 Å². The molecule has 0 bridgehead atoms. The molecule has 1 saturated heterocycles. The van der Waals surface area contributed by atoms with Crippen LogP contribution in [0.25, 0.3) is 28.5 Å². The lowest BCUT2D eigenvalue weighted by Crippen LogP contribution is -2.48. The van der Waals surface area contributed by atoms with Gasteiger partial charge in [0.25, 0.3) is 5.91 Å². The van der Waals surface area contributed by atoms with E-state index in [-0.39, 0.29) is 5.91 Å². The Morgan fingerprint density at radius 3 is 2.50 bits per heavy atom. The highest BCUT2D eigenvalue weighted by Gasteiger charge is 2.26. The van der Waals surface area contributed by atoms with E-state index in [2.05, 4.69) is 54.2 Å². The minimum Gasteiger partial charge on any atom is -0.459 e. The van der Waals surface area contributed by atoms with Crippen LogP contribution in [0.1, 0.15) is 16.1 Å². The molecular weight excluding hydrogens is 478 g/mol. The molecule has 0 aliphatic carbocycles. The summed E-state index contributed by atoms with van der Waals surface area (Å²) in [4.78, 5) is 21.3. The lowest BCUT2D eigenvalue weighted by Gasteiger charge is -2.34. The van der Waals surface area contributed by atoms with Gasteiger partial charge < -0.3 is 14.6 Å². The number of carbonyl (C=O) groups excluding carboxylic acids is 1. The molecule has 7 rings (SSSR count). The predicted molar refractivity (Wildman–Crippen MR) is 143 cm³/mol. The Morgan fingerprint density at radius 1 is 0.868 bits per heavy atom. The normalized spacial score (nSPS) is 14.7. The fourth-order valence-electron chi connectivity index (χ4n) is 5.14. The summed E-state index contributed by atoms with van der Waals surface area (Å²) in [5, 5.41) is 12.6. The summed E-state index contributed by atoms with van der Waals surface area (Å²) < 4.78 is 7.34. The molecule has 188 valence electrons. The van der Waals surface area contributed by atoms with Crippen molar-refractivity contribution in [2.45, 2.75) is 6.54 Å². The topological polar surface area (TPSA) is 92.3 Å². The number of para-hydroxylation sites is 1. The summed E-state index contributed by atoms with van der Waals surface area (Å²) >= 11 is 0. The van der Waals surface area contributed by atoms with Crippen LogP contribution in [-0.2, 0) is 6.54 Å². The molecule has 3 aromatic heterocycles. The molecule has 9 nitrogen and oxygen atoms in total. The van der Waals surface area contributed by atoms with Gasteiger partial charge in [0, 0.05) is 50.0 Å². The van der Waals surface area contributed by atoms with Crippen LogP contribution in [-0.4, -0.2) is 61.6 Å². The van der Waals surface area contributed by atoms with Crippen molar-refractivity contribution in [2.24, 2.45) is 0 Å². The SMILES string of the molecule is O=C(c1ccco1)N1CCN(Cc2ccc(-c3nnc4n3-c3cccnc3Nc3ccccc3-4)cc2)CC1. The molecule has 2 aliphatic heterocycles. The molecule has 0 radical (unpaired) electrons. The first-order chi connectivity index (χ1) is 18.7. The molecule has 2 aromatic carbocycles. The largest absolute Gasteiger partial charge is 0.459 e. The average molecular weight is 504 g/mol. The van der Waals surface area contributed by atoms with Crippen LogP contribution < -0.4 is 5.32 Å². The number of fused-ring (bicyclic) bond motifs is 5. The first kappa shape index (κ1) is 22.4. The van der Waals surface area contributed by atoms with Crippen LogP contribution in [0.2, 0.25) is 0 Å². The van der Waals surface area contributed by atoms with E-state index in [9.17, 15) is 4.79 Å². The van der Waals surface area contributed by atoms with Crippen LogP contribution in [0.5, 0.6) is 0 Å². The summed E-state index contributed by atoms with van der Waals surface area (Å²) in [5.41, 5.74) is 5.03. The molecule has 38 heavy (non-hydrogen) atoms. The minimum atomic E-state index is -0.0407. The zero-order valence-corrected chi connectivity index (χ0v) is 20.6. The molecule has 9 heteroatoms. The lowest BCUT2D eigenvalue weighted by molar-refractivity contribution is 0.0598. The van der Waals surface area contributed by atoms with Gasteiger partial charge in [-0.1, -0.05) is 36.4 Å². The van der Waals surface area contributed by atoms with Crippen molar-refractivity contribution in [3.63, 3.8) is 0 Å². The Bertz CT molecular complexity index is 1600. The molecule has 0 spiro atoms. The standard InChI is InChI=1S/C29H25N7O2/c37-29(25-8-4-18-38-25)35-16-14-34(15-17-35)19-20-9-11-21(12-10-20)27-32-33-28-22-5-1-2-6-23(22)31-26-24(36(27)28)7-3-13-30-26/h1-13,18H,14-17,19H2,(H,30,31). The monoisotopic (exact) mass is 503 g/mol. The van der Waals surface area contributed by atoms with E-state index in [0.717, 1.165) is 59.6 Å². The lowest BCUT2D eigenvalue weighted by atomic mass is 10.1. The number of furan rings is 1. The Morgan fingerprint density at radius 2 is 1.68 bits per heavy atom. The number of aromatic nitrogens is 4. The van der Waals surface area contributed by atoms with Crippen LogP contribution in [0, 0.1) is 0 Å². The molecule has 1 amide bonds. The highest BCUT2D eigenvalue weighted by atomic mass is 16.3. The number of hydrogen-bond acceptors (Lipinski definition) is 7. The van der Waals surface area contributed by atoms with Gasteiger partial charge in [-0.05, 0) is 42.0 Å². The van der Waals surface area contributed by atoms with E-state index >= 15 is 0 Å². The molecule has 1 fully saturated rings. The fraction of sp³-hybridized carbons (Fsp3) is 0.172. The highest BCUT2D eigenvalue weighted by Crippen LogP contribution is 2.38. The van der Waals surface area contributed by atoms with Crippen molar-refractivity contribution < 1.29 is 9.21 Å². The number of carbonyl (C=O) groups is 1. The van der Waals surface area contributed by atoms with E-state index in [4.69, 9.17) is 4.42 Å². The van der Waals surface area contributed by atoms with E-state index < -0.39 is 0 Å². The number of anilines is 2. The van der Waals surface area contributed by atoms with Crippen molar-refractivity contribution >= 4 is 17.4 Å². The summed E-state index contributed by atoms with van der Waals surface area (Å²) in [6.07, 6.45) is 3.32. The summed E-state index contributed by atoms with van der Waals surface area (Å²) in [6.45, 7) is 3.84. The second-order valence-corrected chi connectivity index (χ2v) is 9.47. The fourth-order valence-corrected chi connectivity index (χ4v) is 5.14. The van der Waals surface area contributed by atoms with Crippen molar-refractivity contribution in [1.82, 2.24) is 29.5 Å². The minimum absolute atomic E-state index is 0.0407. The second-order valence-electron chi connectivity index (χ2n) is 9.47. The molecule has 1 N–H and O–H groups in total. The van der Waals surface area contributed by atoms with Crippen LogP contribution in [0.4, 0.5) is 11.5 Å². The van der Waals surface area contributed by atoms with E-state index in [1.165, 1.54) is 11.8 Å². The summed E-state index contributed by atoms with van der Waals surface area (Å²) in [6, 6.07) is 24.0. The number of benzene rings is 2. The molecule has 5 aromatic rings. The van der Waals surface area contributed by atoms with Gasteiger partial charge in [-0.15, -0.1) is 10.2 Å². The third kappa shape index (κ3) is 3.93. The molecular formula is C29H25N7O2. The smallest absolute Gasteiger partial charge is 0.289 e. The maximum Gasteiger partial charge on any atom is 0.289 e. The van der Waals surface area contributed by atoms with E-state index in [1.54, 1.807) is 18.3 Å². The van der Waals surface area contributed by atoms with Crippen molar-refractivity contribution in [1.29, 1.82) is 0 Å². The number of hydrogen-bond donors (Lipinski definition) is 1. The molecule has 5 heterocycles. The number of amides is 1. The Kier molecular flexibility index (Phi) is 5.48. The molecule has 0 atom stereocenters. The zero-order valence-electron chi connectivity index (χ0n) is 20.6. The summed E-state index contributed by atoms with van der Waals surface area (Å²) in [7, 11) is 0. The summed E-state index contributed by atoms with van der Waals surface area (Å²) in [5.74, 6) is 2.67. The Labute approximate surface area is 219 Å². The molecule has 0 saturated carbocycles. The predicted octanol–water partition coefficient (Wildman–Crippen LogP) is 4.60. The van der Waals surface area contributed by atoms with Gasteiger partial charge in [-0.3, -0.25) is 14.3 Å². The Hall–Kier alpha value is -4.76. The van der Waals surface area contributed by atoms with E-state index in [0.29, 0.717) is 18.8 Å². The maximum atomic E-state index is 12.5. The van der Waals surface area contributed by atoms with Crippen LogP contribution in [0.3, 0.4) is 0 Å². The van der Waals surface area contributed by atoms with Gasteiger partial charge in [0.1, 0.15) is 0 Å². The van der Waals surface area contributed by atoms with Gasteiger partial charge in [0.15, 0.2) is 23.2 Å². The van der Waals surface area contributed by atoms with Crippen LogP contribution >= 0.6 is 0 Å².